The summed E-state index contributed by atoms with van der Waals surface area (Å²) < 4.78 is 55.5. The van der Waals surface area contributed by atoms with E-state index < -0.39 is 24.0 Å². The lowest BCUT2D eigenvalue weighted by Crippen LogP contribution is -2.15. The zero-order valence-electron chi connectivity index (χ0n) is 13.7. The Morgan fingerprint density at radius 1 is 1.04 bits per heavy atom. The number of hydrogen-bond acceptors (Lipinski definition) is 1. The first kappa shape index (κ1) is 18.8. The Kier molecular flexibility index (Phi) is 7.13. The van der Waals surface area contributed by atoms with E-state index in [0.29, 0.717) is 17.9 Å². The third kappa shape index (κ3) is 5.53. The van der Waals surface area contributed by atoms with Crippen molar-refractivity contribution in [1.29, 1.82) is 0 Å². The molecule has 0 aromatic heterocycles. The van der Waals surface area contributed by atoms with Crippen LogP contribution in [-0.4, -0.2) is 6.61 Å². The first-order chi connectivity index (χ1) is 11.5. The van der Waals surface area contributed by atoms with Crippen molar-refractivity contribution in [2.75, 3.05) is 0 Å². The molecule has 0 saturated heterocycles. The van der Waals surface area contributed by atoms with Gasteiger partial charge in [-0.1, -0.05) is 31.8 Å². The molecule has 1 saturated carbocycles. The average molecular weight is 344 g/mol. The van der Waals surface area contributed by atoms with Crippen LogP contribution in [0.5, 0.6) is 5.75 Å². The van der Waals surface area contributed by atoms with Gasteiger partial charge >= 0.3 is 6.61 Å². The van der Waals surface area contributed by atoms with E-state index in [-0.39, 0.29) is 0 Å². The maximum absolute atomic E-state index is 13.7. The molecular formula is C19H24F4O. The maximum atomic E-state index is 13.7. The SMILES string of the molecule is C=CCCC1CCC(CCc2cc(F)c(OC(F)F)c(F)c2)CC1. The standard InChI is InChI=1S/C19H24F4O/c1-2-3-4-13-5-7-14(8-6-13)9-10-15-11-16(20)18(17(21)12-15)24-19(22)23/h2,11-14,19H,1,3-10H2. The molecule has 0 unspecified atom stereocenters. The molecule has 0 aliphatic heterocycles. The van der Waals surface area contributed by atoms with Crippen molar-refractivity contribution in [3.05, 3.63) is 42.0 Å². The molecule has 0 atom stereocenters. The molecule has 1 aliphatic carbocycles. The molecule has 0 N–H and O–H groups in total. The van der Waals surface area contributed by atoms with Crippen LogP contribution < -0.4 is 4.74 Å². The van der Waals surface area contributed by atoms with Gasteiger partial charge in [0, 0.05) is 0 Å². The van der Waals surface area contributed by atoms with Crippen LogP contribution in [0.1, 0.15) is 50.5 Å². The van der Waals surface area contributed by atoms with Crippen LogP contribution >= 0.6 is 0 Å². The Balaban J connectivity index is 1.83. The number of benzene rings is 1. The van der Waals surface area contributed by atoms with Crippen LogP contribution in [0.4, 0.5) is 17.6 Å². The highest BCUT2D eigenvalue weighted by Crippen LogP contribution is 2.34. The van der Waals surface area contributed by atoms with Gasteiger partial charge in [0.15, 0.2) is 17.4 Å². The summed E-state index contributed by atoms with van der Waals surface area (Å²) in [7, 11) is 0. The van der Waals surface area contributed by atoms with Crippen molar-refractivity contribution in [3.8, 4) is 5.75 Å². The molecule has 1 fully saturated rings. The second kappa shape index (κ2) is 9.09. The van der Waals surface area contributed by atoms with Gasteiger partial charge in [-0.2, -0.15) is 8.78 Å². The van der Waals surface area contributed by atoms with Gasteiger partial charge in [-0.3, -0.25) is 0 Å². The molecule has 1 nitrogen and oxygen atoms in total. The Morgan fingerprint density at radius 3 is 2.08 bits per heavy atom. The minimum atomic E-state index is -3.24. The van der Waals surface area contributed by atoms with Gasteiger partial charge in [-0.15, -0.1) is 6.58 Å². The number of halogens is 4. The summed E-state index contributed by atoms with van der Waals surface area (Å²) in [6.07, 6.45) is 10.3. The molecule has 0 amide bonds. The van der Waals surface area contributed by atoms with E-state index in [1.54, 1.807) is 0 Å². The quantitative estimate of drug-likeness (QED) is 0.399. The van der Waals surface area contributed by atoms with Gasteiger partial charge in [0.25, 0.3) is 0 Å². The van der Waals surface area contributed by atoms with Crippen molar-refractivity contribution in [3.63, 3.8) is 0 Å². The normalized spacial score (nSPS) is 21.0. The summed E-state index contributed by atoms with van der Waals surface area (Å²) >= 11 is 0. The highest BCUT2D eigenvalue weighted by atomic mass is 19.3. The van der Waals surface area contributed by atoms with Crippen LogP contribution in [0.3, 0.4) is 0 Å². The van der Waals surface area contributed by atoms with Crippen LogP contribution in [-0.2, 0) is 6.42 Å². The highest BCUT2D eigenvalue weighted by molar-refractivity contribution is 5.31. The molecule has 134 valence electrons. The number of aryl methyl sites for hydroxylation is 1. The number of ether oxygens (including phenoxy) is 1. The Hall–Kier alpha value is -1.52. The van der Waals surface area contributed by atoms with Crippen molar-refractivity contribution >= 4 is 0 Å². The minimum absolute atomic E-state index is 0.486. The summed E-state index contributed by atoms with van der Waals surface area (Å²) in [5.74, 6) is -1.82. The lowest BCUT2D eigenvalue weighted by Gasteiger charge is -2.28. The average Bonchev–Trinajstić information content (AvgIpc) is 2.55. The fourth-order valence-corrected chi connectivity index (χ4v) is 3.49. The number of alkyl halides is 2. The zero-order chi connectivity index (χ0) is 17.5. The van der Waals surface area contributed by atoms with Gasteiger partial charge < -0.3 is 4.74 Å². The van der Waals surface area contributed by atoms with Gasteiger partial charge in [-0.25, -0.2) is 8.78 Å². The summed E-state index contributed by atoms with van der Waals surface area (Å²) in [6, 6.07) is 2.19. The van der Waals surface area contributed by atoms with E-state index in [1.807, 2.05) is 6.08 Å². The van der Waals surface area contributed by atoms with Crippen LogP contribution in [0, 0.1) is 23.5 Å². The van der Waals surface area contributed by atoms with Crippen molar-refractivity contribution in [1.82, 2.24) is 0 Å². The summed E-state index contributed by atoms with van der Waals surface area (Å²) in [5, 5.41) is 0. The summed E-state index contributed by atoms with van der Waals surface area (Å²) in [6.45, 7) is 0.508. The van der Waals surface area contributed by atoms with Gasteiger partial charge in [0.2, 0.25) is 0 Å². The van der Waals surface area contributed by atoms with E-state index >= 15 is 0 Å². The number of hydrogen-bond donors (Lipinski definition) is 0. The lowest BCUT2D eigenvalue weighted by atomic mass is 9.78. The number of allylic oxidation sites excluding steroid dienone is 1. The fourth-order valence-electron chi connectivity index (χ4n) is 3.49. The topological polar surface area (TPSA) is 9.23 Å². The van der Waals surface area contributed by atoms with E-state index in [1.165, 1.54) is 19.3 Å². The van der Waals surface area contributed by atoms with E-state index in [0.717, 1.165) is 43.7 Å². The van der Waals surface area contributed by atoms with E-state index in [2.05, 4.69) is 11.3 Å². The minimum Gasteiger partial charge on any atom is -0.429 e. The third-order valence-corrected chi connectivity index (χ3v) is 4.85. The van der Waals surface area contributed by atoms with Gasteiger partial charge in [-0.05, 0) is 55.2 Å². The zero-order valence-corrected chi connectivity index (χ0v) is 13.7. The highest BCUT2D eigenvalue weighted by Gasteiger charge is 2.21. The summed E-state index contributed by atoms with van der Waals surface area (Å²) in [5.41, 5.74) is 0.486. The Bertz CT molecular complexity index is 513. The molecule has 24 heavy (non-hydrogen) atoms. The van der Waals surface area contributed by atoms with Crippen LogP contribution in [0.25, 0.3) is 0 Å². The Labute approximate surface area is 140 Å². The van der Waals surface area contributed by atoms with Crippen LogP contribution in [0.2, 0.25) is 0 Å². The first-order valence-corrected chi connectivity index (χ1v) is 8.53. The second-order valence-electron chi connectivity index (χ2n) is 6.56. The monoisotopic (exact) mass is 344 g/mol. The molecule has 0 spiro atoms. The van der Waals surface area contributed by atoms with Crippen molar-refractivity contribution in [2.24, 2.45) is 11.8 Å². The van der Waals surface area contributed by atoms with E-state index in [9.17, 15) is 17.6 Å². The van der Waals surface area contributed by atoms with E-state index in [4.69, 9.17) is 0 Å². The number of rotatable bonds is 8. The van der Waals surface area contributed by atoms with Gasteiger partial charge in [0.05, 0.1) is 0 Å². The molecule has 5 heteroatoms. The second-order valence-corrected chi connectivity index (χ2v) is 6.56. The molecule has 0 bridgehead atoms. The van der Waals surface area contributed by atoms with Crippen molar-refractivity contribution in [2.45, 2.75) is 58.0 Å². The molecule has 1 aliphatic rings. The molecule has 0 radical (unpaired) electrons. The molecule has 2 rings (SSSR count). The summed E-state index contributed by atoms with van der Waals surface area (Å²) in [4.78, 5) is 0. The van der Waals surface area contributed by atoms with Gasteiger partial charge in [0.1, 0.15) is 0 Å². The molecule has 1 aromatic rings. The smallest absolute Gasteiger partial charge is 0.387 e. The fraction of sp³-hybridized carbons (Fsp3) is 0.579. The molecule has 1 aromatic carbocycles. The lowest BCUT2D eigenvalue weighted by molar-refractivity contribution is -0.0546. The van der Waals surface area contributed by atoms with Crippen LogP contribution in [0.15, 0.2) is 24.8 Å². The predicted molar refractivity (Wildman–Crippen MR) is 86.2 cm³/mol. The van der Waals surface area contributed by atoms with Crippen molar-refractivity contribution < 1.29 is 22.3 Å². The molecular weight excluding hydrogens is 320 g/mol. The molecule has 0 heterocycles. The maximum Gasteiger partial charge on any atom is 0.387 e. The predicted octanol–water partition coefficient (Wildman–Crippen LogP) is 6.27. The third-order valence-electron chi connectivity index (χ3n) is 4.85. The first-order valence-electron chi connectivity index (χ1n) is 8.53. The Morgan fingerprint density at radius 2 is 1.58 bits per heavy atom. The largest absolute Gasteiger partial charge is 0.429 e.